The van der Waals surface area contributed by atoms with Crippen molar-refractivity contribution in [2.75, 3.05) is 34.0 Å². The number of anilines is 6. The lowest BCUT2D eigenvalue weighted by Gasteiger charge is -2.17. The van der Waals surface area contributed by atoms with Crippen molar-refractivity contribution in [3.63, 3.8) is 0 Å². The molecule has 25 heteroatoms. The Morgan fingerprint density at radius 2 is 0.929 bits per heavy atom. The fourth-order valence-electron chi connectivity index (χ4n) is 9.17. The zero-order chi connectivity index (χ0) is 71.3. The quantitative estimate of drug-likeness (QED) is 0.0770. The SMILES string of the molecule is CC(C)(C)C(=O)Nc1occc1-c1ccc(F)cc1.Cc1ccc(-c2c(C)noc2N)cc1.Cc1ccc(-c2cnoc2N)c(F)c1.Cc1cccc(-c2cnoc2N)c1.Cc1noc(C)c1-c1ccccc1.Nc1oncc1-c1ccc(F)c(F)c1.Nc1oncc1-c1ccccn1. The van der Waals surface area contributed by atoms with Crippen molar-refractivity contribution in [3.05, 3.63) is 258 Å². The first-order chi connectivity index (χ1) is 47.4. The molecular formula is C74H71F4N13O8. The van der Waals surface area contributed by atoms with Crippen LogP contribution in [0.4, 0.5) is 52.9 Å². The highest BCUT2D eigenvalue weighted by Gasteiger charge is 2.24. The summed E-state index contributed by atoms with van der Waals surface area (Å²) in [5.41, 5.74) is 43.1. The minimum Gasteiger partial charge on any atom is -0.448 e. The van der Waals surface area contributed by atoms with Crippen LogP contribution in [0.5, 0.6) is 0 Å². The monoisotopic (exact) mass is 1350 g/mol. The highest BCUT2D eigenvalue weighted by Crippen LogP contribution is 2.34. The van der Waals surface area contributed by atoms with Gasteiger partial charge in [0.15, 0.2) is 11.6 Å². The number of amides is 1. The average molecular weight is 1350 g/mol. The van der Waals surface area contributed by atoms with Gasteiger partial charge in [-0.2, -0.15) is 0 Å². The van der Waals surface area contributed by atoms with Crippen molar-refractivity contribution in [1.29, 1.82) is 0 Å². The van der Waals surface area contributed by atoms with Crippen LogP contribution < -0.4 is 34.0 Å². The first-order valence-electron chi connectivity index (χ1n) is 30.3. The number of hydrogen-bond donors (Lipinski definition) is 6. The van der Waals surface area contributed by atoms with E-state index >= 15 is 0 Å². The molecule has 0 saturated carbocycles. The van der Waals surface area contributed by atoms with Gasteiger partial charge in [0, 0.05) is 28.3 Å². The van der Waals surface area contributed by atoms with Gasteiger partial charge in [0.05, 0.1) is 75.9 Å². The van der Waals surface area contributed by atoms with Crippen LogP contribution in [0.3, 0.4) is 0 Å². The van der Waals surface area contributed by atoms with Gasteiger partial charge in [-0.05, 0) is 123 Å². The second kappa shape index (κ2) is 33.5. The predicted molar refractivity (Wildman–Crippen MR) is 372 cm³/mol. The summed E-state index contributed by atoms with van der Waals surface area (Å²) in [6.07, 6.45) is 9.13. The molecule has 1 amide bonds. The van der Waals surface area contributed by atoms with E-state index in [1.807, 2.05) is 153 Å². The number of nitrogens with one attached hydrogen (secondary N) is 1. The molecule has 14 rings (SSSR count). The van der Waals surface area contributed by atoms with Crippen molar-refractivity contribution < 1.29 is 53.9 Å². The molecule has 8 heterocycles. The second-order valence-electron chi connectivity index (χ2n) is 22.9. The topological polar surface area (TPSA) is 341 Å². The van der Waals surface area contributed by atoms with Gasteiger partial charge in [0.2, 0.25) is 41.2 Å². The van der Waals surface area contributed by atoms with Gasteiger partial charge in [0.25, 0.3) is 0 Å². The maximum absolute atomic E-state index is 13.5. The highest BCUT2D eigenvalue weighted by molar-refractivity contribution is 5.96. The fourth-order valence-corrected chi connectivity index (χ4v) is 9.17. The molecule has 99 heavy (non-hydrogen) atoms. The second-order valence-corrected chi connectivity index (χ2v) is 22.9. The van der Waals surface area contributed by atoms with Gasteiger partial charge in [0.1, 0.15) is 17.4 Å². The Kier molecular flexibility index (Phi) is 24.4. The summed E-state index contributed by atoms with van der Waals surface area (Å²) in [5.74, 6) is -0.0604. The Bertz CT molecular complexity index is 4820. The number of aryl methyl sites for hydroxylation is 6. The lowest BCUT2D eigenvalue weighted by Crippen LogP contribution is -2.27. The van der Waals surface area contributed by atoms with Crippen LogP contribution in [-0.4, -0.2) is 41.8 Å². The standard InChI is InChI=1S/C15H16FNO2.C11H12N2O.C11H11NO.C10H9FN2O.C10H10N2O.C9H6F2N2O.C8H7N3O/c1-15(2,3)14(18)17-13-12(8-9-19-13)10-4-6-11(16)7-5-10;1-7-3-5-9(6-4-7)10-8(2)13-14-11(10)12;1-8-11(9(2)13-12-8)10-6-4-3-5-7-10;1-6-2-3-7(9(11)4-6)8-5-13-14-10(8)12;1-7-3-2-4-8(5-7)9-6-12-13-10(9)11;10-7-2-1-5(3-8(7)11)6-4-13-14-9(6)12;9-8-6(5-11-12-8)7-3-1-2-4-10-7/h4-9H,1-3H3,(H,17,18);3-6H,12H2,1-2H3;3-7H,1-2H3;2-5H,12H2,1H3;2-6H,11H2,1H3;1-4H,12H2;1-5H,9H2. The van der Waals surface area contributed by atoms with Crippen molar-refractivity contribution in [1.82, 2.24) is 35.9 Å². The molecule has 0 fully saturated rings. The summed E-state index contributed by atoms with van der Waals surface area (Å²) in [7, 11) is 0. The van der Waals surface area contributed by atoms with Gasteiger partial charge in [-0.1, -0.05) is 178 Å². The number of benzene rings is 6. The van der Waals surface area contributed by atoms with Gasteiger partial charge in [-0.25, -0.2) is 17.6 Å². The van der Waals surface area contributed by atoms with E-state index in [0.717, 1.165) is 85.0 Å². The fraction of sp³-hybridized carbons (Fsp3) is 0.135. The van der Waals surface area contributed by atoms with Crippen LogP contribution in [0.1, 0.15) is 54.6 Å². The molecule has 14 aromatic rings. The number of carbonyl (C=O) groups excluding carboxylic acids is 1. The number of nitrogens with zero attached hydrogens (tertiary/aromatic N) is 7. The number of hydrogen-bond acceptors (Lipinski definition) is 20. The number of carbonyl (C=O) groups is 1. The van der Waals surface area contributed by atoms with Gasteiger partial charge in [-0.15, -0.1) is 0 Å². The number of rotatable bonds is 8. The summed E-state index contributed by atoms with van der Waals surface area (Å²) in [4.78, 5) is 16.0. The first kappa shape index (κ1) is 72.0. The Balaban J connectivity index is 0.000000148. The molecule has 508 valence electrons. The van der Waals surface area contributed by atoms with Gasteiger partial charge in [-0.3, -0.25) is 15.1 Å². The Morgan fingerprint density at radius 3 is 1.44 bits per heavy atom. The van der Waals surface area contributed by atoms with E-state index in [9.17, 15) is 22.4 Å². The summed E-state index contributed by atoms with van der Waals surface area (Å²) >= 11 is 0. The molecule has 0 aliphatic carbocycles. The molecule has 11 N–H and O–H groups in total. The molecule has 0 spiro atoms. The van der Waals surface area contributed by atoms with Crippen molar-refractivity contribution in [2.45, 2.75) is 62.3 Å². The third-order valence-electron chi connectivity index (χ3n) is 14.4. The summed E-state index contributed by atoms with van der Waals surface area (Å²) in [6, 6.07) is 48.1. The van der Waals surface area contributed by atoms with Gasteiger partial charge >= 0.3 is 0 Å². The van der Waals surface area contributed by atoms with E-state index in [0.29, 0.717) is 45.8 Å². The predicted octanol–water partition coefficient (Wildman–Crippen LogP) is 17.7. The van der Waals surface area contributed by atoms with Crippen LogP contribution in [0.2, 0.25) is 0 Å². The Labute approximate surface area is 566 Å². The lowest BCUT2D eigenvalue weighted by molar-refractivity contribution is -0.123. The molecule has 0 radical (unpaired) electrons. The minimum atomic E-state index is -0.928. The van der Waals surface area contributed by atoms with Crippen molar-refractivity contribution >= 4 is 41.2 Å². The van der Waals surface area contributed by atoms with E-state index in [1.165, 1.54) is 59.6 Å². The molecule has 21 nitrogen and oxygen atoms in total. The number of pyridine rings is 1. The lowest BCUT2D eigenvalue weighted by atomic mass is 9.95. The normalized spacial score (nSPS) is 10.5. The third-order valence-corrected chi connectivity index (χ3v) is 14.4. The number of nitrogens with two attached hydrogens (primary N) is 5. The zero-order valence-corrected chi connectivity index (χ0v) is 55.3. The van der Waals surface area contributed by atoms with E-state index in [1.54, 1.807) is 42.9 Å². The summed E-state index contributed by atoms with van der Waals surface area (Å²) < 4.78 is 85.9. The number of furan rings is 1. The highest BCUT2D eigenvalue weighted by atomic mass is 19.2. The van der Waals surface area contributed by atoms with E-state index in [-0.39, 0.29) is 29.3 Å². The van der Waals surface area contributed by atoms with Crippen molar-refractivity contribution in [3.8, 4) is 78.0 Å². The Morgan fingerprint density at radius 1 is 0.414 bits per heavy atom. The number of aromatic nitrogens is 7. The molecular weight excluding hydrogens is 1270 g/mol. The summed E-state index contributed by atoms with van der Waals surface area (Å²) in [6.45, 7) is 17.1. The maximum Gasteiger partial charge on any atom is 0.232 e. The summed E-state index contributed by atoms with van der Waals surface area (Å²) in [5, 5.41) is 24.6. The molecule has 6 aromatic carbocycles. The van der Waals surface area contributed by atoms with Crippen LogP contribution in [0.15, 0.2) is 233 Å². The van der Waals surface area contributed by atoms with Crippen LogP contribution >= 0.6 is 0 Å². The van der Waals surface area contributed by atoms with E-state index < -0.39 is 17.0 Å². The minimum absolute atomic E-state index is 0.0796. The van der Waals surface area contributed by atoms with Crippen LogP contribution in [0, 0.1) is 70.2 Å². The zero-order valence-electron chi connectivity index (χ0n) is 55.3. The molecule has 0 saturated heterocycles. The van der Waals surface area contributed by atoms with Crippen molar-refractivity contribution in [2.24, 2.45) is 5.41 Å². The van der Waals surface area contributed by atoms with Gasteiger partial charge < -0.3 is 60.2 Å². The molecule has 8 aromatic heterocycles. The van der Waals surface area contributed by atoms with E-state index in [4.69, 9.17) is 51.2 Å². The smallest absolute Gasteiger partial charge is 0.232 e. The van der Waals surface area contributed by atoms with Crippen LogP contribution in [-0.2, 0) is 4.79 Å². The largest absolute Gasteiger partial charge is 0.448 e. The molecule has 0 unspecified atom stereocenters. The number of halogens is 4. The third kappa shape index (κ3) is 19.7. The average Bonchev–Trinajstić information content (AvgIpc) is 1.76. The Hall–Kier alpha value is -12.8. The van der Waals surface area contributed by atoms with E-state index in [2.05, 4.69) is 62.4 Å². The molecule has 0 aliphatic rings. The number of nitrogen functional groups attached to an aromatic ring is 5. The van der Waals surface area contributed by atoms with Crippen LogP contribution in [0.25, 0.3) is 78.0 Å². The molecule has 0 atom stereocenters. The maximum atomic E-state index is 13.5. The first-order valence-corrected chi connectivity index (χ1v) is 30.3. The molecule has 0 aliphatic heterocycles. The molecule has 0 bridgehead atoms.